The number of nitrogens with one attached hydrogen (secondary N) is 1. The molecule has 3 aromatic rings. The first-order valence-electron chi connectivity index (χ1n) is 10.3. The van der Waals surface area contributed by atoms with Crippen LogP contribution in [-0.2, 0) is 9.47 Å². The fourth-order valence-electron chi connectivity index (χ4n) is 3.47. The summed E-state index contributed by atoms with van der Waals surface area (Å²) in [7, 11) is 0. The van der Waals surface area contributed by atoms with Crippen LogP contribution < -0.4 is 5.32 Å². The molecule has 1 saturated heterocycles. The van der Waals surface area contributed by atoms with E-state index in [4.69, 9.17) is 13.9 Å². The summed E-state index contributed by atoms with van der Waals surface area (Å²) in [4.78, 5) is 12.7. The summed E-state index contributed by atoms with van der Waals surface area (Å²) in [6.45, 7) is 10.5. The number of carbonyl (C=O) groups is 1. The van der Waals surface area contributed by atoms with E-state index >= 15 is 0 Å². The van der Waals surface area contributed by atoms with Gasteiger partial charge in [-0.2, -0.15) is 5.10 Å². The monoisotopic (exact) mass is 425 g/mol. The summed E-state index contributed by atoms with van der Waals surface area (Å²) in [6.07, 6.45) is -0.166. The third-order valence-electron chi connectivity index (χ3n) is 4.98. The van der Waals surface area contributed by atoms with Crippen molar-refractivity contribution >= 4 is 5.91 Å². The van der Waals surface area contributed by atoms with Crippen LogP contribution in [0.25, 0.3) is 17.3 Å². The number of benzene rings is 1. The molecule has 0 spiro atoms. The maximum Gasteiger partial charge on any atom is 0.268 e. The van der Waals surface area contributed by atoms with Crippen molar-refractivity contribution in [1.29, 1.82) is 0 Å². The molecule has 4 rings (SSSR count). The van der Waals surface area contributed by atoms with Crippen molar-refractivity contribution in [2.75, 3.05) is 13.2 Å². The number of carbonyl (C=O) groups excluding carboxylic acids is 1. The van der Waals surface area contributed by atoms with Crippen LogP contribution in [0.2, 0.25) is 0 Å². The number of aryl methyl sites for hydroxylation is 1. The summed E-state index contributed by atoms with van der Waals surface area (Å²) in [6, 6.07) is 9.27. The van der Waals surface area contributed by atoms with E-state index in [0.717, 1.165) is 11.4 Å². The molecule has 1 aliphatic rings. The van der Waals surface area contributed by atoms with Crippen molar-refractivity contribution in [2.45, 2.75) is 52.4 Å². The Labute approximate surface area is 180 Å². The minimum atomic E-state index is -0.614. The molecule has 1 aliphatic heterocycles. The Hall–Kier alpha value is -3.04. The van der Waals surface area contributed by atoms with Crippen molar-refractivity contribution < 1.29 is 18.7 Å². The van der Waals surface area contributed by atoms with Gasteiger partial charge in [0, 0.05) is 24.7 Å². The molecule has 0 unspecified atom stereocenters. The molecule has 1 amide bonds. The van der Waals surface area contributed by atoms with Crippen molar-refractivity contribution in [3.05, 3.63) is 47.5 Å². The topological polar surface area (TPSA) is 104 Å². The van der Waals surface area contributed by atoms with Crippen LogP contribution in [0.3, 0.4) is 0 Å². The largest absolute Gasteiger partial charge is 0.420 e. The predicted octanol–water partition coefficient (Wildman–Crippen LogP) is 3.24. The molecule has 164 valence electrons. The van der Waals surface area contributed by atoms with Crippen molar-refractivity contribution in [3.8, 4) is 17.3 Å². The lowest BCUT2D eigenvalue weighted by Crippen LogP contribution is -2.34. The van der Waals surface area contributed by atoms with Gasteiger partial charge in [-0.05, 0) is 44.0 Å². The fourth-order valence-corrected chi connectivity index (χ4v) is 3.47. The van der Waals surface area contributed by atoms with Gasteiger partial charge in [-0.15, -0.1) is 10.2 Å². The van der Waals surface area contributed by atoms with Gasteiger partial charge in [-0.1, -0.05) is 19.9 Å². The lowest BCUT2D eigenvalue weighted by Gasteiger charge is -2.17. The highest BCUT2D eigenvalue weighted by molar-refractivity contribution is 5.94. The second-order valence-electron chi connectivity index (χ2n) is 8.36. The van der Waals surface area contributed by atoms with Gasteiger partial charge in [-0.3, -0.25) is 4.79 Å². The summed E-state index contributed by atoms with van der Waals surface area (Å²) in [5, 5.41) is 15.5. The van der Waals surface area contributed by atoms with Gasteiger partial charge in [-0.25, -0.2) is 4.68 Å². The van der Waals surface area contributed by atoms with Crippen LogP contribution in [0.4, 0.5) is 0 Å². The molecule has 9 heteroatoms. The van der Waals surface area contributed by atoms with E-state index in [2.05, 4.69) is 34.5 Å². The zero-order valence-electron chi connectivity index (χ0n) is 18.4. The number of rotatable bonds is 6. The zero-order valence-corrected chi connectivity index (χ0v) is 18.4. The first-order valence-corrected chi connectivity index (χ1v) is 10.3. The molecule has 0 aliphatic carbocycles. The van der Waals surface area contributed by atoms with Crippen LogP contribution in [-0.4, -0.2) is 50.9 Å². The lowest BCUT2D eigenvalue weighted by molar-refractivity contribution is -0.137. The van der Waals surface area contributed by atoms with Crippen molar-refractivity contribution in [1.82, 2.24) is 25.3 Å². The van der Waals surface area contributed by atoms with E-state index in [1.54, 1.807) is 13.0 Å². The molecule has 1 fully saturated rings. The van der Waals surface area contributed by atoms with Gasteiger partial charge in [0.15, 0.2) is 5.79 Å². The minimum absolute atomic E-state index is 0.166. The number of aromatic nitrogens is 4. The van der Waals surface area contributed by atoms with E-state index in [9.17, 15) is 4.79 Å². The summed E-state index contributed by atoms with van der Waals surface area (Å²) in [5.41, 5.74) is 2.89. The maximum atomic E-state index is 12.7. The Bertz CT molecular complexity index is 1090. The molecule has 0 radical (unpaired) electrons. The van der Waals surface area contributed by atoms with Crippen molar-refractivity contribution in [2.24, 2.45) is 0 Å². The zero-order chi connectivity index (χ0) is 22.2. The second kappa shape index (κ2) is 8.24. The molecule has 2 aromatic heterocycles. The molecule has 9 nitrogen and oxygen atoms in total. The molecule has 3 heterocycles. The minimum Gasteiger partial charge on any atom is -0.420 e. The van der Waals surface area contributed by atoms with E-state index in [0.29, 0.717) is 36.2 Å². The third-order valence-corrected chi connectivity index (χ3v) is 4.98. The lowest BCUT2D eigenvalue weighted by atomic mass is 10.1. The Kier molecular flexibility index (Phi) is 5.63. The number of nitrogens with zero attached hydrogens (tertiary/aromatic N) is 4. The molecular formula is C22H27N5O4. The maximum absolute atomic E-state index is 12.7. The van der Waals surface area contributed by atoms with Gasteiger partial charge in [0.1, 0.15) is 11.8 Å². The average molecular weight is 425 g/mol. The first-order chi connectivity index (χ1) is 14.7. The van der Waals surface area contributed by atoms with Gasteiger partial charge < -0.3 is 19.2 Å². The normalized spacial score (nSPS) is 17.9. The highest BCUT2D eigenvalue weighted by Gasteiger charge is 2.32. The molecule has 0 bridgehead atoms. The van der Waals surface area contributed by atoms with Gasteiger partial charge in [0.2, 0.25) is 5.89 Å². The highest BCUT2D eigenvalue weighted by Crippen LogP contribution is 2.26. The number of hydrogen-bond donors (Lipinski definition) is 1. The van der Waals surface area contributed by atoms with Crippen LogP contribution in [0, 0.1) is 6.92 Å². The molecular weight excluding hydrogens is 398 g/mol. The third kappa shape index (κ3) is 4.67. The highest BCUT2D eigenvalue weighted by atomic mass is 16.7. The van der Waals surface area contributed by atoms with Crippen molar-refractivity contribution in [3.63, 3.8) is 0 Å². The standard InChI is InChI=1S/C22H27N5O4/c1-13(2)19-10-18(21-25-24-14(3)30-21)26-27(19)16-8-6-7-15(9-16)20(28)23-11-17-12-29-22(4,5)31-17/h6-10,13,17H,11-12H2,1-5H3,(H,23,28)/t17-/m1/s1. The summed E-state index contributed by atoms with van der Waals surface area (Å²) >= 11 is 0. The van der Waals surface area contributed by atoms with Crippen LogP contribution >= 0.6 is 0 Å². The Balaban J connectivity index is 1.55. The van der Waals surface area contributed by atoms with E-state index < -0.39 is 5.79 Å². The second-order valence-corrected chi connectivity index (χ2v) is 8.36. The summed E-state index contributed by atoms with van der Waals surface area (Å²) < 4.78 is 18.6. The van der Waals surface area contributed by atoms with Gasteiger partial charge >= 0.3 is 0 Å². The average Bonchev–Trinajstić information content (AvgIpc) is 3.44. The Morgan fingerprint density at radius 2 is 2.10 bits per heavy atom. The van der Waals surface area contributed by atoms with E-state index in [-0.39, 0.29) is 17.9 Å². The molecule has 1 N–H and O–H groups in total. The number of hydrogen-bond acceptors (Lipinski definition) is 7. The van der Waals surface area contributed by atoms with Crippen LogP contribution in [0.15, 0.2) is 34.7 Å². The van der Waals surface area contributed by atoms with Gasteiger partial charge in [0.05, 0.1) is 12.3 Å². The molecule has 1 atom stereocenters. The van der Waals surface area contributed by atoms with Crippen LogP contribution in [0.5, 0.6) is 0 Å². The summed E-state index contributed by atoms with van der Waals surface area (Å²) in [5.74, 6) is 0.256. The SMILES string of the molecule is Cc1nnc(-c2cc(C(C)C)n(-c3cccc(C(=O)NC[C@@H]4COC(C)(C)O4)c3)n2)o1. The predicted molar refractivity (Wildman–Crippen MR) is 113 cm³/mol. The number of ether oxygens (including phenoxy) is 2. The Morgan fingerprint density at radius 3 is 2.74 bits per heavy atom. The fraction of sp³-hybridized carbons (Fsp3) is 0.455. The van der Waals surface area contributed by atoms with Gasteiger partial charge in [0.25, 0.3) is 11.8 Å². The Morgan fingerprint density at radius 1 is 1.29 bits per heavy atom. The molecule has 0 saturated carbocycles. The smallest absolute Gasteiger partial charge is 0.268 e. The first kappa shape index (κ1) is 21.2. The molecule has 31 heavy (non-hydrogen) atoms. The van der Waals surface area contributed by atoms with E-state index in [1.807, 2.05) is 42.8 Å². The van der Waals surface area contributed by atoms with Crippen LogP contribution in [0.1, 0.15) is 55.6 Å². The quantitative estimate of drug-likeness (QED) is 0.646. The van der Waals surface area contributed by atoms with E-state index in [1.165, 1.54) is 0 Å². The molecule has 1 aromatic carbocycles. The number of amides is 1.